The molecule has 0 unspecified atom stereocenters. The molecule has 0 aromatic carbocycles. The molecule has 0 radical (unpaired) electrons. The molecule has 0 amide bonds. The lowest BCUT2D eigenvalue weighted by atomic mass is 9.86. The van der Waals surface area contributed by atoms with Gasteiger partial charge in [0.15, 0.2) is 5.79 Å². The van der Waals surface area contributed by atoms with Crippen LogP contribution in [0, 0.1) is 0 Å². The minimum absolute atomic E-state index is 0.178. The van der Waals surface area contributed by atoms with E-state index in [2.05, 4.69) is 0 Å². The lowest BCUT2D eigenvalue weighted by Gasteiger charge is -2.33. The van der Waals surface area contributed by atoms with E-state index >= 15 is 0 Å². The molecule has 0 aromatic rings. The highest BCUT2D eigenvalue weighted by Crippen LogP contribution is 2.41. The van der Waals surface area contributed by atoms with E-state index in [1.165, 1.54) is 38.5 Å². The highest BCUT2D eigenvalue weighted by Gasteiger charge is 2.39. The van der Waals surface area contributed by atoms with E-state index in [4.69, 9.17) is 9.47 Å². The van der Waals surface area contributed by atoms with E-state index in [0.29, 0.717) is 0 Å². The Bertz CT molecular complexity index is 254. The first-order valence-corrected chi connectivity index (χ1v) is 6.36. The molecule has 1 heterocycles. The fraction of sp³-hybridized carbons (Fsp3) is 0.846. The topological polar surface area (TPSA) is 18.5 Å². The van der Waals surface area contributed by atoms with Gasteiger partial charge in [0.2, 0.25) is 0 Å². The Labute approximate surface area is 91.6 Å². The maximum Gasteiger partial charge on any atom is 0.169 e. The molecule has 15 heavy (non-hydrogen) atoms. The van der Waals surface area contributed by atoms with Crippen molar-refractivity contribution in [3.63, 3.8) is 0 Å². The molecule has 1 aliphatic heterocycles. The van der Waals surface area contributed by atoms with Gasteiger partial charge in [0, 0.05) is 12.8 Å². The Kier molecular flexibility index (Phi) is 2.57. The molecule has 2 nitrogen and oxygen atoms in total. The summed E-state index contributed by atoms with van der Waals surface area (Å²) in [5.41, 5.74) is 3.50. The monoisotopic (exact) mass is 208 g/mol. The fourth-order valence-electron chi connectivity index (χ4n) is 3.23. The van der Waals surface area contributed by atoms with Crippen LogP contribution in [-0.2, 0) is 9.47 Å². The summed E-state index contributed by atoms with van der Waals surface area (Å²) in [5.74, 6) is -0.178. The zero-order chi connectivity index (χ0) is 10.1. The zero-order valence-electron chi connectivity index (χ0n) is 9.39. The summed E-state index contributed by atoms with van der Waals surface area (Å²) in [7, 11) is 0. The van der Waals surface area contributed by atoms with Crippen molar-refractivity contribution in [1.29, 1.82) is 0 Å². The smallest absolute Gasteiger partial charge is 0.169 e. The van der Waals surface area contributed by atoms with Crippen molar-refractivity contribution in [1.82, 2.24) is 0 Å². The standard InChI is InChI=1S/C13H20O2/c1-2-4-11(3-1)12-5-7-13(8-6-12)14-9-10-15-13/h1-10H2. The predicted octanol–water partition coefficient (Wildman–Crippen LogP) is 3.17. The van der Waals surface area contributed by atoms with Gasteiger partial charge in [-0.1, -0.05) is 11.1 Å². The third kappa shape index (κ3) is 1.85. The van der Waals surface area contributed by atoms with Crippen LogP contribution in [0.4, 0.5) is 0 Å². The Balaban J connectivity index is 1.67. The van der Waals surface area contributed by atoms with Crippen LogP contribution in [0.5, 0.6) is 0 Å². The van der Waals surface area contributed by atoms with Crippen LogP contribution in [0.1, 0.15) is 51.4 Å². The number of hydrogen-bond acceptors (Lipinski definition) is 2. The Hall–Kier alpha value is -0.340. The summed E-state index contributed by atoms with van der Waals surface area (Å²) < 4.78 is 11.5. The van der Waals surface area contributed by atoms with Crippen LogP contribution in [0.25, 0.3) is 0 Å². The minimum Gasteiger partial charge on any atom is -0.348 e. The van der Waals surface area contributed by atoms with Crippen LogP contribution < -0.4 is 0 Å². The summed E-state index contributed by atoms with van der Waals surface area (Å²) in [6.45, 7) is 1.60. The summed E-state index contributed by atoms with van der Waals surface area (Å²) >= 11 is 0. The van der Waals surface area contributed by atoms with Crippen LogP contribution in [0.15, 0.2) is 11.1 Å². The largest absolute Gasteiger partial charge is 0.348 e. The molecule has 0 N–H and O–H groups in total. The second-order valence-electron chi connectivity index (χ2n) is 5.02. The Morgan fingerprint density at radius 2 is 1.27 bits per heavy atom. The van der Waals surface area contributed by atoms with Crippen molar-refractivity contribution in [3.8, 4) is 0 Å². The lowest BCUT2D eigenvalue weighted by Crippen LogP contribution is -2.33. The molecule has 1 saturated heterocycles. The van der Waals surface area contributed by atoms with E-state index in [1.807, 2.05) is 0 Å². The lowest BCUT2D eigenvalue weighted by molar-refractivity contribution is -0.171. The molecule has 0 bridgehead atoms. The van der Waals surface area contributed by atoms with Gasteiger partial charge in [0.25, 0.3) is 0 Å². The van der Waals surface area contributed by atoms with E-state index in [9.17, 15) is 0 Å². The van der Waals surface area contributed by atoms with Gasteiger partial charge in [-0.2, -0.15) is 0 Å². The first-order valence-electron chi connectivity index (χ1n) is 6.36. The van der Waals surface area contributed by atoms with Gasteiger partial charge >= 0.3 is 0 Å². The second kappa shape index (κ2) is 3.91. The van der Waals surface area contributed by atoms with Crippen LogP contribution >= 0.6 is 0 Å². The molecule has 2 heteroatoms. The van der Waals surface area contributed by atoms with Crippen molar-refractivity contribution in [2.24, 2.45) is 0 Å². The summed E-state index contributed by atoms with van der Waals surface area (Å²) in [6.07, 6.45) is 10.2. The Morgan fingerprint density at radius 1 is 0.733 bits per heavy atom. The number of allylic oxidation sites excluding steroid dienone is 2. The molecule has 0 aromatic heterocycles. The van der Waals surface area contributed by atoms with Crippen molar-refractivity contribution in [3.05, 3.63) is 11.1 Å². The first kappa shape index (κ1) is 9.86. The average molecular weight is 208 g/mol. The summed E-state index contributed by atoms with van der Waals surface area (Å²) in [5, 5.41) is 0. The predicted molar refractivity (Wildman–Crippen MR) is 58.6 cm³/mol. The van der Waals surface area contributed by atoms with E-state index in [0.717, 1.165) is 26.1 Å². The van der Waals surface area contributed by atoms with E-state index in [1.54, 1.807) is 11.1 Å². The van der Waals surface area contributed by atoms with Crippen LogP contribution in [-0.4, -0.2) is 19.0 Å². The molecule has 3 aliphatic rings. The Morgan fingerprint density at radius 3 is 1.87 bits per heavy atom. The molecule has 0 atom stereocenters. The molecular weight excluding hydrogens is 188 g/mol. The van der Waals surface area contributed by atoms with Crippen molar-refractivity contribution in [2.45, 2.75) is 57.2 Å². The average Bonchev–Trinajstić information content (AvgIpc) is 2.91. The molecule has 2 aliphatic carbocycles. The maximum atomic E-state index is 5.75. The zero-order valence-corrected chi connectivity index (χ0v) is 9.39. The molecule has 3 rings (SSSR count). The van der Waals surface area contributed by atoms with Gasteiger partial charge < -0.3 is 9.47 Å². The van der Waals surface area contributed by atoms with Gasteiger partial charge in [-0.25, -0.2) is 0 Å². The molecule has 1 spiro atoms. The molecule has 84 valence electrons. The van der Waals surface area contributed by atoms with Crippen molar-refractivity contribution in [2.75, 3.05) is 13.2 Å². The second-order valence-corrected chi connectivity index (χ2v) is 5.02. The highest BCUT2D eigenvalue weighted by atomic mass is 16.7. The fourth-order valence-corrected chi connectivity index (χ4v) is 3.23. The first-order chi connectivity index (χ1) is 7.38. The third-order valence-corrected chi connectivity index (χ3v) is 4.14. The quantitative estimate of drug-likeness (QED) is 0.569. The molecule has 2 saturated carbocycles. The van der Waals surface area contributed by atoms with E-state index in [-0.39, 0.29) is 5.79 Å². The van der Waals surface area contributed by atoms with Gasteiger partial charge in [-0.05, 0) is 38.5 Å². The number of hydrogen-bond donors (Lipinski definition) is 0. The summed E-state index contributed by atoms with van der Waals surface area (Å²) in [6, 6.07) is 0. The van der Waals surface area contributed by atoms with Gasteiger partial charge in [0.1, 0.15) is 0 Å². The number of ether oxygens (including phenoxy) is 2. The highest BCUT2D eigenvalue weighted by molar-refractivity contribution is 5.19. The number of rotatable bonds is 0. The normalized spacial score (nSPS) is 30.4. The van der Waals surface area contributed by atoms with Gasteiger partial charge in [-0.3, -0.25) is 0 Å². The van der Waals surface area contributed by atoms with Crippen molar-refractivity contribution >= 4 is 0 Å². The SMILES string of the molecule is C1CCC(=C2CCC3(CC2)OCCO3)C1. The molecule has 3 fully saturated rings. The third-order valence-electron chi connectivity index (χ3n) is 4.14. The van der Waals surface area contributed by atoms with Gasteiger partial charge in [0.05, 0.1) is 13.2 Å². The minimum atomic E-state index is -0.178. The maximum absolute atomic E-state index is 5.75. The summed E-state index contributed by atoms with van der Waals surface area (Å²) in [4.78, 5) is 0. The van der Waals surface area contributed by atoms with Gasteiger partial charge in [-0.15, -0.1) is 0 Å². The van der Waals surface area contributed by atoms with E-state index < -0.39 is 0 Å². The van der Waals surface area contributed by atoms with Crippen LogP contribution in [0.2, 0.25) is 0 Å². The van der Waals surface area contributed by atoms with Crippen LogP contribution in [0.3, 0.4) is 0 Å². The molecular formula is C13H20O2. The van der Waals surface area contributed by atoms with Crippen molar-refractivity contribution < 1.29 is 9.47 Å².